The lowest BCUT2D eigenvalue weighted by Gasteiger charge is -2.07. The van der Waals surface area contributed by atoms with E-state index >= 15 is 0 Å². The maximum atomic E-state index is 11.4. The molecule has 0 atom stereocenters. The Hall–Kier alpha value is -0.0400. The summed E-state index contributed by atoms with van der Waals surface area (Å²) in [6, 6.07) is 1.37. The topological polar surface area (TPSA) is 51.2 Å². The van der Waals surface area contributed by atoms with Crippen molar-refractivity contribution in [1.82, 2.24) is 0 Å². The van der Waals surface area contributed by atoms with Gasteiger partial charge in [-0.3, -0.25) is 4.79 Å². The van der Waals surface area contributed by atoms with Gasteiger partial charge in [0, 0.05) is 28.4 Å². The maximum Gasteiger partial charge on any atom is 0.270 e. The molecule has 0 spiro atoms. The summed E-state index contributed by atoms with van der Waals surface area (Å²) in [5.41, 5.74) is 0.505. The number of carbonyl (C=O) groups excluding carboxylic acids is 1. The minimum atomic E-state index is -3.70. The van der Waals surface area contributed by atoms with Gasteiger partial charge in [-0.1, -0.05) is 0 Å². The molecule has 76 valence electrons. The highest BCUT2D eigenvalue weighted by Gasteiger charge is 2.24. The molecule has 1 aromatic heterocycles. The molecule has 0 aliphatic carbocycles. The number of halogens is 1. The summed E-state index contributed by atoms with van der Waals surface area (Å²) in [7, 11) is 1.49. The molecule has 1 aliphatic heterocycles. The molecular weight excluding hydrogens is 264 g/mol. The summed E-state index contributed by atoms with van der Waals surface area (Å²) in [4.78, 5) is 11.4. The Morgan fingerprint density at radius 3 is 2.71 bits per heavy atom. The Labute approximate surface area is 93.9 Å². The van der Waals surface area contributed by atoms with Crippen LogP contribution in [0.1, 0.15) is 16.8 Å². The van der Waals surface area contributed by atoms with E-state index in [4.69, 9.17) is 10.7 Å². The number of carbonyl (C=O) groups is 1. The first-order valence-electron chi connectivity index (χ1n) is 3.73. The molecule has 0 saturated carbocycles. The third-order valence-corrected chi connectivity index (χ3v) is 6.28. The molecule has 14 heavy (non-hydrogen) atoms. The summed E-state index contributed by atoms with van der Waals surface area (Å²) in [6.07, 6.45) is 0.468. The SMILES string of the molecule is O=C1CCSc2sc(S(=O)(=O)Cl)cc21. The molecule has 2 rings (SSSR count). The number of thioether (sulfide) groups is 1. The predicted octanol–water partition coefficient (Wildman–Crippen LogP) is 2.35. The van der Waals surface area contributed by atoms with E-state index in [-0.39, 0.29) is 9.99 Å². The monoisotopic (exact) mass is 268 g/mol. The number of rotatable bonds is 1. The van der Waals surface area contributed by atoms with Crippen molar-refractivity contribution in [2.24, 2.45) is 0 Å². The normalized spacial score (nSPS) is 16.8. The number of hydrogen-bond donors (Lipinski definition) is 0. The fraction of sp³-hybridized carbons (Fsp3) is 0.286. The molecule has 0 fully saturated rings. The predicted molar refractivity (Wildman–Crippen MR) is 57.0 cm³/mol. The van der Waals surface area contributed by atoms with E-state index in [1.165, 1.54) is 17.8 Å². The van der Waals surface area contributed by atoms with Gasteiger partial charge in [0.15, 0.2) is 5.78 Å². The van der Waals surface area contributed by atoms with Crippen LogP contribution >= 0.6 is 33.8 Å². The molecule has 1 aliphatic rings. The Morgan fingerprint density at radius 1 is 1.43 bits per heavy atom. The number of fused-ring (bicyclic) bond motifs is 1. The first-order chi connectivity index (χ1) is 6.48. The van der Waals surface area contributed by atoms with E-state index in [1.807, 2.05) is 0 Å². The number of hydrogen-bond acceptors (Lipinski definition) is 5. The molecule has 0 N–H and O–H groups in total. The maximum absolute atomic E-state index is 11.4. The van der Waals surface area contributed by atoms with Crippen LogP contribution in [-0.4, -0.2) is 20.0 Å². The molecule has 1 aromatic rings. The van der Waals surface area contributed by atoms with Crippen LogP contribution in [0.25, 0.3) is 0 Å². The second kappa shape index (κ2) is 3.52. The molecule has 3 nitrogen and oxygen atoms in total. The smallest absolute Gasteiger partial charge is 0.270 e. The van der Waals surface area contributed by atoms with E-state index in [0.29, 0.717) is 17.7 Å². The van der Waals surface area contributed by atoms with Crippen molar-refractivity contribution in [3.63, 3.8) is 0 Å². The average molecular weight is 269 g/mol. The molecule has 7 heteroatoms. The molecule has 2 heterocycles. The number of thiophene rings is 1. The lowest BCUT2D eigenvalue weighted by atomic mass is 10.2. The third kappa shape index (κ3) is 1.84. The van der Waals surface area contributed by atoms with Gasteiger partial charge in [0.2, 0.25) is 0 Å². The minimum absolute atomic E-state index is 0.00145. The number of ketones is 1. The van der Waals surface area contributed by atoms with Crippen LogP contribution in [0.5, 0.6) is 0 Å². The highest BCUT2D eigenvalue weighted by Crippen LogP contribution is 2.39. The second-order valence-electron chi connectivity index (χ2n) is 2.73. The lowest BCUT2D eigenvalue weighted by molar-refractivity contribution is 0.0985. The molecule has 0 amide bonds. The molecule has 0 radical (unpaired) electrons. The quantitative estimate of drug-likeness (QED) is 0.734. The third-order valence-electron chi connectivity index (χ3n) is 1.78. The zero-order valence-corrected chi connectivity index (χ0v) is 10.0. The van der Waals surface area contributed by atoms with E-state index in [0.717, 1.165) is 15.5 Å². The molecule has 0 bridgehead atoms. The highest BCUT2D eigenvalue weighted by atomic mass is 35.7. The average Bonchev–Trinajstić information content (AvgIpc) is 2.48. The molecular formula is C7H5ClO3S3. The zero-order valence-electron chi connectivity index (χ0n) is 6.82. The standard InChI is InChI=1S/C7H5ClO3S3/c8-14(10,11)6-3-4-5(9)1-2-12-7(4)13-6/h3H,1-2H2. The van der Waals surface area contributed by atoms with Crippen molar-refractivity contribution in [3.8, 4) is 0 Å². The Balaban J connectivity index is 2.56. The Morgan fingerprint density at radius 2 is 2.14 bits per heavy atom. The van der Waals surface area contributed by atoms with Crippen LogP contribution < -0.4 is 0 Å². The zero-order chi connectivity index (χ0) is 10.3. The van der Waals surface area contributed by atoms with E-state index in [2.05, 4.69) is 0 Å². The lowest BCUT2D eigenvalue weighted by Crippen LogP contribution is -2.04. The van der Waals surface area contributed by atoms with Gasteiger partial charge in [-0.05, 0) is 6.07 Å². The second-order valence-corrected chi connectivity index (χ2v) is 7.93. The van der Waals surface area contributed by atoms with Crippen LogP contribution in [0.4, 0.5) is 0 Å². The highest BCUT2D eigenvalue weighted by molar-refractivity contribution is 8.15. The van der Waals surface area contributed by atoms with Gasteiger partial charge >= 0.3 is 0 Å². The fourth-order valence-electron chi connectivity index (χ4n) is 1.15. The van der Waals surface area contributed by atoms with E-state index in [1.54, 1.807) is 0 Å². The van der Waals surface area contributed by atoms with E-state index in [9.17, 15) is 13.2 Å². The van der Waals surface area contributed by atoms with Crippen molar-refractivity contribution < 1.29 is 13.2 Å². The van der Waals surface area contributed by atoms with Crippen molar-refractivity contribution >= 4 is 48.6 Å². The fourth-order valence-corrected chi connectivity index (χ4v) is 4.83. The summed E-state index contributed by atoms with van der Waals surface area (Å²) in [6.45, 7) is 0. The van der Waals surface area contributed by atoms with Crippen LogP contribution in [0.3, 0.4) is 0 Å². The largest absolute Gasteiger partial charge is 0.294 e. The molecule has 0 aromatic carbocycles. The Bertz CT molecular complexity index is 488. The van der Waals surface area contributed by atoms with Gasteiger partial charge in [0.25, 0.3) is 9.05 Å². The van der Waals surface area contributed by atoms with Crippen LogP contribution in [0.15, 0.2) is 14.5 Å². The van der Waals surface area contributed by atoms with Gasteiger partial charge < -0.3 is 0 Å². The Kier molecular flexibility index (Phi) is 2.63. The van der Waals surface area contributed by atoms with Crippen molar-refractivity contribution in [1.29, 1.82) is 0 Å². The minimum Gasteiger partial charge on any atom is -0.294 e. The van der Waals surface area contributed by atoms with Crippen LogP contribution in [0, 0.1) is 0 Å². The van der Waals surface area contributed by atoms with Crippen molar-refractivity contribution in [2.75, 3.05) is 5.75 Å². The summed E-state index contributed by atoms with van der Waals surface area (Å²) >= 11 is 2.57. The van der Waals surface area contributed by atoms with E-state index < -0.39 is 9.05 Å². The van der Waals surface area contributed by atoms with Gasteiger partial charge in [-0.15, -0.1) is 23.1 Å². The van der Waals surface area contributed by atoms with Crippen LogP contribution in [-0.2, 0) is 9.05 Å². The summed E-state index contributed by atoms with van der Waals surface area (Å²) in [5, 5.41) is 0. The molecule has 0 saturated heterocycles. The van der Waals surface area contributed by atoms with Crippen LogP contribution in [0.2, 0.25) is 0 Å². The van der Waals surface area contributed by atoms with Gasteiger partial charge in [0.1, 0.15) is 4.21 Å². The first-order valence-corrected chi connectivity index (χ1v) is 7.84. The number of Topliss-reactive ketones (excluding diaryl/α,β-unsaturated/α-hetero) is 1. The van der Waals surface area contributed by atoms with Gasteiger partial charge in [0.05, 0.1) is 4.21 Å². The van der Waals surface area contributed by atoms with Gasteiger partial charge in [-0.25, -0.2) is 8.42 Å². The molecule has 0 unspecified atom stereocenters. The summed E-state index contributed by atoms with van der Waals surface area (Å²) < 4.78 is 22.9. The van der Waals surface area contributed by atoms with Gasteiger partial charge in [-0.2, -0.15) is 0 Å². The van der Waals surface area contributed by atoms with Crippen molar-refractivity contribution in [3.05, 3.63) is 11.6 Å². The summed E-state index contributed by atoms with van der Waals surface area (Å²) in [5.74, 6) is 0.718. The van der Waals surface area contributed by atoms with Crippen molar-refractivity contribution in [2.45, 2.75) is 14.8 Å². The first kappa shape index (κ1) is 10.5.